The van der Waals surface area contributed by atoms with E-state index in [2.05, 4.69) is 69.3 Å². The van der Waals surface area contributed by atoms with Crippen molar-refractivity contribution in [2.24, 2.45) is 5.73 Å². The van der Waals surface area contributed by atoms with Crippen molar-refractivity contribution in [3.63, 3.8) is 0 Å². The van der Waals surface area contributed by atoms with Gasteiger partial charge in [0.2, 0.25) is 0 Å². The van der Waals surface area contributed by atoms with Crippen LogP contribution in [0.2, 0.25) is 0 Å². The van der Waals surface area contributed by atoms with Crippen molar-refractivity contribution in [1.82, 2.24) is 0 Å². The third kappa shape index (κ3) is 2.80. The maximum absolute atomic E-state index is 6.39. The van der Waals surface area contributed by atoms with Gasteiger partial charge in [-0.2, -0.15) is 0 Å². The monoisotopic (exact) mass is 239 g/mol. The van der Waals surface area contributed by atoms with Crippen LogP contribution < -0.4 is 5.73 Å². The molecule has 1 nitrogen and oxygen atoms in total. The smallest absolute Gasteiger partial charge is 0.0264 e. The predicted molar refractivity (Wildman–Crippen MR) is 77.7 cm³/mol. The lowest BCUT2D eigenvalue weighted by Gasteiger charge is -2.31. The molecule has 2 rings (SSSR count). The Morgan fingerprint density at radius 1 is 0.889 bits per heavy atom. The van der Waals surface area contributed by atoms with Crippen LogP contribution in [0.5, 0.6) is 0 Å². The highest BCUT2D eigenvalue weighted by atomic mass is 14.7. The fraction of sp³-hybridized carbons (Fsp3) is 0.294. The highest BCUT2D eigenvalue weighted by molar-refractivity contribution is 5.37. The lowest BCUT2D eigenvalue weighted by atomic mass is 9.77. The maximum atomic E-state index is 6.39. The lowest BCUT2D eigenvalue weighted by molar-refractivity contribution is 0.457. The van der Waals surface area contributed by atoms with E-state index in [1.165, 1.54) is 16.7 Å². The summed E-state index contributed by atoms with van der Waals surface area (Å²) < 4.78 is 0. The zero-order valence-electron chi connectivity index (χ0n) is 11.4. The molecular weight excluding hydrogens is 218 g/mol. The number of rotatable bonds is 3. The van der Waals surface area contributed by atoms with Crippen molar-refractivity contribution < 1.29 is 0 Å². The predicted octanol–water partition coefficient (Wildman–Crippen LogP) is 3.86. The SMILES string of the molecule is Cc1cccc(C(c2ccccc2)C(C)(C)N)c1. The summed E-state index contributed by atoms with van der Waals surface area (Å²) in [5, 5.41) is 0. The second-order valence-electron chi connectivity index (χ2n) is 5.58. The van der Waals surface area contributed by atoms with Gasteiger partial charge in [0, 0.05) is 11.5 Å². The molecule has 0 aliphatic heterocycles. The summed E-state index contributed by atoms with van der Waals surface area (Å²) in [4.78, 5) is 0. The van der Waals surface area contributed by atoms with E-state index in [9.17, 15) is 0 Å². The first kappa shape index (κ1) is 12.8. The topological polar surface area (TPSA) is 26.0 Å². The summed E-state index contributed by atoms with van der Waals surface area (Å²) >= 11 is 0. The van der Waals surface area contributed by atoms with Crippen molar-refractivity contribution in [2.75, 3.05) is 0 Å². The van der Waals surface area contributed by atoms with E-state index in [0.29, 0.717) is 0 Å². The fourth-order valence-electron chi connectivity index (χ4n) is 2.55. The highest BCUT2D eigenvalue weighted by Gasteiger charge is 2.28. The van der Waals surface area contributed by atoms with Gasteiger partial charge in [0.1, 0.15) is 0 Å². The van der Waals surface area contributed by atoms with Gasteiger partial charge >= 0.3 is 0 Å². The van der Waals surface area contributed by atoms with Crippen LogP contribution in [0.3, 0.4) is 0 Å². The minimum Gasteiger partial charge on any atom is -0.325 e. The van der Waals surface area contributed by atoms with E-state index >= 15 is 0 Å². The van der Waals surface area contributed by atoms with Crippen LogP contribution in [0.1, 0.15) is 36.5 Å². The van der Waals surface area contributed by atoms with E-state index in [4.69, 9.17) is 5.73 Å². The molecule has 2 N–H and O–H groups in total. The van der Waals surface area contributed by atoms with Gasteiger partial charge in [0.15, 0.2) is 0 Å². The fourth-order valence-corrected chi connectivity index (χ4v) is 2.55. The Hall–Kier alpha value is -1.60. The van der Waals surface area contributed by atoms with Crippen LogP contribution in [0.25, 0.3) is 0 Å². The minimum atomic E-state index is -0.283. The van der Waals surface area contributed by atoms with Crippen molar-refractivity contribution in [1.29, 1.82) is 0 Å². The maximum Gasteiger partial charge on any atom is 0.0264 e. The van der Waals surface area contributed by atoms with Crippen molar-refractivity contribution in [3.05, 3.63) is 71.3 Å². The van der Waals surface area contributed by atoms with Crippen LogP contribution in [-0.2, 0) is 0 Å². The van der Waals surface area contributed by atoms with E-state index in [-0.39, 0.29) is 11.5 Å². The van der Waals surface area contributed by atoms with Gasteiger partial charge in [0.25, 0.3) is 0 Å². The van der Waals surface area contributed by atoms with Crippen LogP contribution in [-0.4, -0.2) is 5.54 Å². The van der Waals surface area contributed by atoms with E-state index in [1.807, 2.05) is 6.07 Å². The van der Waals surface area contributed by atoms with Gasteiger partial charge in [-0.15, -0.1) is 0 Å². The second-order valence-corrected chi connectivity index (χ2v) is 5.58. The average Bonchev–Trinajstić information content (AvgIpc) is 2.28. The van der Waals surface area contributed by atoms with Gasteiger partial charge in [-0.25, -0.2) is 0 Å². The van der Waals surface area contributed by atoms with Crippen molar-refractivity contribution >= 4 is 0 Å². The van der Waals surface area contributed by atoms with Gasteiger partial charge in [-0.3, -0.25) is 0 Å². The van der Waals surface area contributed by atoms with E-state index in [0.717, 1.165) is 0 Å². The molecule has 1 unspecified atom stereocenters. The van der Waals surface area contributed by atoms with Crippen LogP contribution in [0, 0.1) is 6.92 Å². The van der Waals surface area contributed by atoms with Gasteiger partial charge in [-0.1, -0.05) is 60.2 Å². The number of nitrogens with two attached hydrogens (primary N) is 1. The summed E-state index contributed by atoms with van der Waals surface area (Å²) in [6, 6.07) is 19.1. The molecule has 0 aliphatic rings. The molecule has 0 saturated heterocycles. The third-order valence-corrected chi connectivity index (χ3v) is 3.25. The summed E-state index contributed by atoms with van der Waals surface area (Å²) in [6.07, 6.45) is 0. The molecule has 0 aliphatic carbocycles. The van der Waals surface area contributed by atoms with Crippen molar-refractivity contribution in [2.45, 2.75) is 32.2 Å². The Labute approximate surface area is 110 Å². The largest absolute Gasteiger partial charge is 0.325 e. The van der Waals surface area contributed by atoms with Gasteiger partial charge in [-0.05, 0) is 31.9 Å². The minimum absolute atomic E-state index is 0.221. The summed E-state index contributed by atoms with van der Waals surface area (Å²) in [5.41, 5.74) is 9.95. The average molecular weight is 239 g/mol. The highest BCUT2D eigenvalue weighted by Crippen LogP contribution is 2.33. The first-order valence-corrected chi connectivity index (χ1v) is 6.39. The van der Waals surface area contributed by atoms with Crippen LogP contribution in [0.4, 0.5) is 0 Å². The standard InChI is InChI=1S/C17H21N/c1-13-8-7-11-15(12-13)16(17(2,3)18)14-9-5-4-6-10-14/h4-12,16H,18H2,1-3H3. The quantitative estimate of drug-likeness (QED) is 0.864. The van der Waals surface area contributed by atoms with E-state index in [1.54, 1.807) is 0 Å². The molecule has 0 heterocycles. The summed E-state index contributed by atoms with van der Waals surface area (Å²) in [6.45, 7) is 6.30. The molecule has 18 heavy (non-hydrogen) atoms. The molecule has 0 amide bonds. The first-order chi connectivity index (χ1) is 8.48. The zero-order valence-corrected chi connectivity index (χ0v) is 11.4. The number of benzene rings is 2. The Balaban J connectivity index is 2.51. The van der Waals surface area contributed by atoms with Gasteiger partial charge in [0.05, 0.1) is 0 Å². The molecule has 0 spiro atoms. The zero-order chi connectivity index (χ0) is 13.2. The second kappa shape index (κ2) is 4.95. The third-order valence-electron chi connectivity index (χ3n) is 3.25. The number of hydrogen-bond acceptors (Lipinski definition) is 1. The van der Waals surface area contributed by atoms with Crippen LogP contribution >= 0.6 is 0 Å². The molecule has 94 valence electrons. The number of hydrogen-bond donors (Lipinski definition) is 1. The Kier molecular flexibility index (Phi) is 3.53. The molecule has 0 aromatic heterocycles. The van der Waals surface area contributed by atoms with Gasteiger partial charge < -0.3 is 5.73 Å². The molecule has 2 aromatic rings. The molecule has 1 heteroatoms. The first-order valence-electron chi connectivity index (χ1n) is 6.39. The molecule has 0 radical (unpaired) electrons. The summed E-state index contributed by atoms with van der Waals surface area (Å²) in [7, 11) is 0. The Bertz CT molecular complexity index is 509. The Morgan fingerprint density at radius 3 is 2.06 bits per heavy atom. The molecular formula is C17H21N. The van der Waals surface area contributed by atoms with E-state index < -0.39 is 0 Å². The lowest BCUT2D eigenvalue weighted by Crippen LogP contribution is -2.39. The molecule has 0 saturated carbocycles. The number of aryl methyl sites for hydroxylation is 1. The molecule has 2 aromatic carbocycles. The normalized spacial score (nSPS) is 13.3. The van der Waals surface area contributed by atoms with Crippen LogP contribution in [0.15, 0.2) is 54.6 Å². The Morgan fingerprint density at radius 2 is 1.50 bits per heavy atom. The molecule has 1 atom stereocenters. The molecule has 0 fully saturated rings. The molecule has 0 bridgehead atoms. The van der Waals surface area contributed by atoms with Crippen molar-refractivity contribution in [3.8, 4) is 0 Å². The summed E-state index contributed by atoms with van der Waals surface area (Å²) in [5.74, 6) is 0.221.